The standard InChI is InChI=1S/C68H79N13O12S/c1-40(2)57(76-54(82)24-27-80-55(83)21-22-56(80)84)61(87)73-51(13-9-25-70-63(69)90)60(86)72-45-17-15-42(16-18-45)35-92-65(91)78(5)28-29-93-68-32-43-30-66(4,37-68)36-67(31-43,38-68)39-81-41(3)48(33-71-81)46-19-20-53(75-58(46)62(88)89)79-26-23-44-10-8-11-47(49(44)34-79)59(85)77-64-74-50-12-6-7-14-52(50)94-64/h6-8,10-12,14-22,33,40,43,51,57H,9,13,23-32,34-39H2,1-5H3,(H,72,86)(H,73,87)(H,76,82)(H,88,89)(H3,69,70,90)(H,74,77,85)/t43?,51-,57?,66?,67?,68?/m0/s1. The van der Waals surface area contributed by atoms with Gasteiger partial charge in [-0.1, -0.05) is 68.5 Å². The number of nitrogens with two attached hydrogens (primary N) is 1. The number of nitrogens with zero attached hydrogens (tertiary/aromatic N) is 7. The molecule has 25 nitrogen and oxygen atoms in total. The van der Waals surface area contributed by atoms with E-state index in [1.54, 1.807) is 51.4 Å². The topological polar surface area (TPSA) is 332 Å². The number of benzene rings is 3. The summed E-state index contributed by atoms with van der Waals surface area (Å²) in [6, 6.07) is 20.9. The van der Waals surface area contributed by atoms with Crippen LogP contribution >= 0.6 is 11.3 Å². The molecule has 94 heavy (non-hydrogen) atoms. The number of primary amides is 1. The zero-order chi connectivity index (χ0) is 66.6. The predicted molar refractivity (Wildman–Crippen MR) is 350 cm³/mol. The number of carbonyl (C=O) groups excluding carboxylic acids is 8. The van der Waals surface area contributed by atoms with Gasteiger partial charge >= 0.3 is 18.1 Å². The quantitative estimate of drug-likeness (QED) is 0.0202. The number of aromatic carboxylic acids is 1. The van der Waals surface area contributed by atoms with Gasteiger partial charge in [0.15, 0.2) is 10.8 Å². The van der Waals surface area contributed by atoms with Crippen molar-refractivity contribution in [2.45, 2.75) is 129 Å². The highest BCUT2D eigenvalue weighted by atomic mass is 32.1. The van der Waals surface area contributed by atoms with E-state index >= 15 is 0 Å². The Bertz CT molecular complexity index is 3930. The molecular formula is C68H79N13O12S. The second-order valence-electron chi connectivity index (χ2n) is 26.4. The number of fused-ring (bicyclic) bond motifs is 2. The number of carbonyl (C=O) groups is 9. The molecule has 6 aromatic rings. The van der Waals surface area contributed by atoms with Crippen molar-refractivity contribution < 1.29 is 57.7 Å². The fourth-order valence-corrected chi connectivity index (χ4v) is 15.9. The lowest BCUT2D eigenvalue weighted by Crippen LogP contribution is -2.61. The van der Waals surface area contributed by atoms with Crippen molar-refractivity contribution in [1.29, 1.82) is 0 Å². The lowest BCUT2D eigenvalue weighted by molar-refractivity contribution is -0.223. The van der Waals surface area contributed by atoms with E-state index in [0.29, 0.717) is 77.5 Å². The number of ether oxygens (including phenoxy) is 2. The Morgan fingerprint density at radius 3 is 2.38 bits per heavy atom. The number of likely N-dealkylation sites (N-methyl/N-ethyl adjacent to an activating group) is 1. The normalized spacial score (nSPS) is 20.8. The number of hydrogen-bond acceptors (Lipinski definition) is 16. The maximum Gasteiger partial charge on any atom is 0.409 e. The Morgan fingerprint density at radius 1 is 0.872 bits per heavy atom. The monoisotopic (exact) mass is 1300 g/mol. The van der Waals surface area contributed by atoms with Gasteiger partial charge in [-0.2, -0.15) is 5.10 Å². The minimum atomic E-state index is -1.15. The molecule has 5 unspecified atom stereocenters. The second-order valence-corrected chi connectivity index (χ2v) is 27.5. The number of aromatic nitrogens is 4. The van der Waals surface area contributed by atoms with Crippen molar-refractivity contribution in [3.63, 3.8) is 0 Å². The molecule has 0 saturated heterocycles. The number of carboxylic acids is 1. The SMILES string of the molecule is Cc1c(-c2ccc(N3CCc4cccc(C(=O)Nc5nc6ccccc6s5)c4C3)nc2C(=O)O)cnn1CC12CC3CC(C)(C1)CC(OCCN(C)C(=O)OCc1ccc(NC(=O)[C@H](CCCNC(N)=O)NC(=O)C(NC(=O)CCN4C(=O)C=CC4=O)C(C)C)cc1)(C3)C2. The largest absolute Gasteiger partial charge is 0.476 e. The first-order valence-electron chi connectivity index (χ1n) is 31.8. The van der Waals surface area contributed by atoms with Gasteiger partial charge in [0.25, 0.3) is 17.7 Å². The number of carboxylic acid groups (broad SMARTS) is 1. The molecule has 2 aliphatic heterocycles. The summed E-state index contributed by atoms with van der Waals surface area (Å²) in [5.74, 6) is -3.72. The Balaban J connectivity index is 0.669. The Labute approximate surface area is 547 Å². The number of nitrogens with one attached hydrogen (secondary N) is 5. The van der Waals surface area contributed by atoms with Crippen LogP contribution in [-0.4, -0.2) is 146 Å². The van der Waals surface area contributed by atoms with Crippen molar-refractivity contribution in [2.24, 2.45) is 28.4 Å². The second kappa shape index (κ2) is 27.6. The van der Waals surface area contributed by atoms with E-state index in [2.05, 4.69) is 38.5 Å². The molecule has 4 saturated carbocycles. The molecule has 26 heteroatoms. The zero-order valence-corrected chi connectivity index (χ0v) is 54.1. The third kappa shape index (κ3) is 14.9. The highest BCUT2D eigenvalue weighted by Crippen LogP contribution is 2.68. The molecule has 0 radical (unpaired) electrons. The molecule has 0 spiro atoms. The maximum absolute atomic E-state index is 13.8. The highest BCUT2D eigenvalue weighted by molar-refractivity contribution is 7.22. The number of amides is 9. The van der Waals surface area contributed by atoms with Crippen molar-refractivity contribution in [2.75, 3.05) is 55.4 Å². The molecule has 6 aliphatic rings. The number of hydrogen-bond donors (Lipinski definition) is 7. The van der Waals surface area contributed by atoms with Crippen LogP contribution in [0.5, 0.6) is 0 Å². The van der Waals surface area contributed by atoms with Crippen molar-refractivity contribution in [1.82, 2.24) is 45.5 Å². The Hall–Kier alpha value is -9.56. The van der Waals surface area contributed by atoms with Crippen LogP contribution in [0, 0.1) is 29.6 Å². The van der Waals surface area contributed by atoms with E-state index in [0.717, 1.165) is 82.6 Å². The van der Waals surface area contributed by atoms with Crippen LogP contribution in [0.15, 0.2) is 97.2 Å². The fourth-order valence-electron chi connectivity index (χ4n) is 15.0. The summed E-state index contributed by atoms with van der Waals surface area (Å²) in [4.78, 5) is 130. The van der Waals surface area contributed by atoms with Gasteiger partial charge in [0.05, 0.1) is 28.6 Å². The van der Waals surface area contributed by atoms with Gasteiger partial charge in [-0.3, -0.25) is 43.7 Å². The van der Waals surface area contributed by atoms with Gasteiger partial charge in [-0.05, 0) is 147 Å². The molecule has 4 bridgehead atoms. The first-order valence-corrected chi connectivity index (χ1v) is 32.6. The first kappa shape index (κ1) is 65.9. The van der Waals surface area contributed by atoms with Gasteiger partial charge in [0, 0.05) is 93.0 Å². The molecule has 3 aromatic heterocycles. The molecule has 6 atom stereocenters. The average Bonchev–Trinajstić information content (AvgIpc) is 0.713. The minimum Gasteiger partial charge on any atom is -0.476 e. The van der Waals surface area contributed by atoms with E-state index in [4.69, 9.17) is 25.3 Å². The van der Waals surface area contributed by atoms with Gasteiger partial charge in [0.2, 0.25) is 17.7 Å². The van der Waals surface area contributed by atoms with Crippen molar-refractivity contribution in [3.05, 3.63) is 131 Å². The lowest BCUT2D eigenvalue weighted by Gasteiger charge is -2.65. The smallest absolute Gasteiger partial charge is 0.409 e. The molecule has 9 amide bonds. The van der Waals surface area contributed by atoms with Gasteiger partial charge in [-0.25, -0.2) is 24.4 Å². The third-order valence-corrected chi connectivity index (χ3v) is 19.7. The summed E-state index contributed by atoms with van der Waals surface area (Å²) in [7, 11) is 1.66. The van der Waals surface area contributed by atoms with Crippen LogP contribution in [0.2, 0.25) is 0 Å². The number of urea groups is 1. The number of anilines is 3. The summed E-state index contributed by atoms with van der Waals surface area (Å²) in [6.07, 6.45) is 10.0. The van der Waals surface area contributed by atoms with Crippen LogP contribution in [-0.2, 0) is 59.6 Å². The first-order chi connectivity index (χ1) is 44.9. The molecule has 494 valence electrons. The lowest BCUT2D eigenvalue weighted by atomic mass is 9.43. The van der Waals surface area contributed by atoms with Crippen LogP contribution in [0.3, 0.4) is 0 Å². The van der Waals surface area contributed by atoms with E-state index in [1.807, 2.05) is 71.1 Å². The van der Waals surface area contributed by atoms with Crippen LogP contribution in [0.25, 0.3) is 21.3 Å². The predicted octanol–water partition coefficient (Wildman–Crippen LogP) is 7.72. The number of para-hydroxylation sites is 1. The molecule has 5 heterocycles. The number of imide groups is 1. The molecule has 3 aromatic carbocycles. The van der Waals surface area contributed by atoms with Crippen LogP contribution in [0.1, 0.15) is 122 Å². The third-order valence-electron chi connectivity index (χ3n) is 18.8. The number of thiazole rings is 1. The van der Waals surface area contributed by atoms with Crippen LogP contribution in [0.4, 0.5) is 26.2 Å². The number of pyridine rings is 1. The molecule has 4 aliphatic carbocycles. The van der Waals surface area contributed by atoms with Gasteiger partial charge < -0.3 is 51.4 Å². The van der Waals surface area contributed by atoms with E-state index in [-0.39, 0.29) is 67.9 Å². The van der Waals surface area contributed by atoms with Gasteiger partial charge in [-0.15, -0.1) is 0 Å². The molecule has 8 N–H and O–H groups in total. The fraction of sp³-hybridized carbons (Fsp3) is 0.441. The minimum absolute atomic E-state index is 0.0427. The summed E-state index contributed by atoms with van der Waals surface area (Å²) in [5, 5.41) is 29.8. The molecular weight excluding hydrogens is 1220 g/mol. The summed E-state index contributed by atoms with van der Waals surface area (Å²) in [6.45, 7) is 9.86. The van der Waals surface area contributed by atoms with E-state index in [9.17, 15) is 48.3 Å². The summed E-state index contributed by atoms with van der Waals surface area (Å²) < 4.78 is 15.6. The van der Waals surface area contributed by atoms with E-state index < -0.39 is 71.2 Å². The zero-order valence-electron chi connectivity index (χ0n) is 53.3. The average molecular weight is 1300 g/mol. The van der Waals surface area contributed by atoms with Crippen molar-refractivity contribution in [3.8, 4) is 11.1 Å². The van der Waals surface area contributed by atoms with Gasteiger partial charge in [0.1, 0.15) is 24.5 Å². The molecule has 4 fully saturated rings. The Morgan fingerprint density at radius 2 is 1.65 bits per heavy atom. The van der Waals surface area contributed by atoms with Crippen molar-refractivity contribution >= 4 is 91.7 Å². The van der Waals surface area contributed by atoms with E-state index in [1.165, 1.54) is 16.2 Å². The maximum atomic E-state index is 13.8. The summed E-state index contributed by atoms with van der Waals surface area (Å²) in [5.41, 5.74) is 11.0. The summed E-state index contributed by atoms with van der Waals surface area (Å²) >= 11 is 1.41. The Kier molecular flexibility index (Phi) is 19.3. The molecule has 12 rings (SSSR count). The number of rotatable bonds is 26. The highest BCUT2D eigenvalue weighted by Gasteiger charge is 2.62. The van der Waals surface area contributed by atoms with Crippen LogP contribution < -0.4 is 37.2 Å².